The molecule has 2 aromatic heterocycles. The molecule has 0 N–H and O–H groups in total. The summed E-state index contributed by atoms with van der Waals surface area (Å²) < 4.78 is 29.6. The average molecular weight is 345 g/mol. The van der Waals surface area contributed by atoms with E-state index in [0.717, 1.165) is 10.8 Å². The molecule has 0 bridgehead atoms. The second-order valence-electron chi connectivity index (χ2n) is 5.28. The van der Waals surface area contributed by atoms with E-state index in [-0.39, 0.29) is 23.4 Å². The van der Waals surface area contributed by atoms with Crippen LogP contribution in [0.5, 0.6) is 0 Å². The Morgan fingerprint density at radius 2 is 2.00 bits per heavy atom. The maximum Gasteiger partial charge on any atom is 0.331 e. The number of nitriles is 1. The van der Waals surface area contributed by atoms with E-state index in [1.807, 2.05) is 0 Å². The van der Waals surface area contributed by atoms with Crippen LogP contribution in [0.1, 0.15) is 24.9 Å². The molecular formula is C16H13F2N5O2. The number of fused-ring (bicyclic) bond motifs is 1. The Hall–Kier alpha value is -3.28. The van der Waals surface area contributed by atoms with Gasteiger partial charge < -0.3 is 0 Å². The number of hydrogen-bond donors (Lipinski definition) is 0. The molecule has 2 heterocycles. The SMILES string of the molecule is CCn1cc(C#N)c(=O)n(Cc2nc3ccccc3n2C(F)F)c1=O. The van der Waals surface area contributed by atoms with Crippen LogP contribution in [-0.4, -0.2) is 18.7 Å². The molecule has 1 aromatic carbocycles. The van der Waals surface area contributed by atoms with Gasteiger partial charge in [-0.05, 0) is 19.1 Å². The van der Waals surface area contributed by atoms with Crippen LogP contribution in [0.15, 0.2) is 40.1 Å². The smallest absolute Gasteiger partial charge is 0.299 e. The maximum absolute atomic E-state index is 13.5. The summed E-state index contributed by atoms with van der Waals surface area (Å²) in [5.74, 6) is -0.131. The first-order valence-corrected chi connectivity index (χ1v) is 7.46. The molecular weight excluding hydrogens is 332 g/mol. The highest BCUT2D eigenvalue weighted by Crippen LogP contribution is 2.23. The molecule has 0 amide bonds. The molecule has 0 aliphatic carbocycles. The number of hydrogen-bond acceptors (Lipinski definition) is 4. The largest absolute Gasteiger partial charge is 0.331 e. The van der Waals surface area contributed by atoms with Crippen LogP contribution in [0, 0.1) is 11.3 Å². The minimum atomic E-state index is -2.88. The molecule has 0 unspecified atom stereocenters. The standard InChI is InChI=1S/C16H13F2N5O2/c1-2-21-8-10(7-19)14(24)22(16(21)25)9-13-20-11-5-3-4-6-12(11)23(13)15(17)18/h3-6,8,15H,2,9H2,1H3. The Balaban J connectivity index is 2.24. The lowest BCUT2D eigenvalue weighted by Gasteiger charge is -2.11. The van der Waals surface area contributed by atoms with Crippen molar-refractivity contribution < 1.29 is 8.78 Å². The number of rotatable bonds is 4. The first-order chi connectivity index (χ1) is 12.0. The Morgan fingerprint density at radius 3 is 2.64 bits per heavy atom. The van der Waals surface area contributed by atoms with Gasteiger partial charge in [0, 0.05) is 12.7 Å². The van der Waals surface area contributed by atoms with Gasteiger partial charge in [0.1, 0.15) is 17.5 Å². The van der Waals surface area contributed by atoms with Crippen LogP contribution in [0.3, 0.4) is 0 Å². The summed E-state index contributed by atoms with van der Waals surface area (Å²) in [5, 5.41) is 9.06. The number of para-hydroxylation sites is 2. The van der Waals surface area contributed by atoms with Gasteiger partial charge in [-0.3, -0.25) is 18.5 Å². The first-order valence-electron chi connectivity index (χ1n) is 7.46. The maximum atomic E-state index is 13.5. The van der Waals surface area contributed by atoms with E-state index in [4.69, 9.17) is 5.26 Å². The zero-order chi connectivity index (χ0) is 18.1. The zero-order valence-corrected chi connectivity index (χ0v) is 13.2. The summed E-state index contributed by atoms with van der Waals surface area (Å²) in [4.78, 5) is 28.8. The molecule has 0 aliphatic heterocycles. The van der Waals surface area contributed by atoms with Gasteiger partial charge in [-0.25, -0.2) is 9.78 Å². The predicted molar refractivity (Wildman–Crippen MR) is 85.4 cm³/mol. The fourth-order valence-electron chi connectivity index (χ4n) is 2.66. The third-order valence-electron chi connectivity index (χ3n) is 3.86. The highest BCUT2D eigenvalue weighted by atomic mass is 19.3. The Kier molecular flexibility index (Phi) is 4.19. The number of benzene rings is 1. The lowest BCUT2D eigenvalue weighted by atomic mass is 10.3. The molecule has 0 saturated carbocycles. The Labute approximate surface area is 140 Å². The number of aromatic nitrogens is 4. The fraction of sp³-hybridized carbons (Fsp3) is 0.250. The Morgan fingerprint density at radius 1 is 1.28 bits per heavy atom. The van der Waals surface area contributed by atoms with Crippen molar-refractivity contribution in [3.05, 3.63) is 62.7 Å². The predicted octanol–water partition coefficient (Wildman–Crippen LogP) is 1.69. The summed E-state index contributed by atoms with van der Waals surface area (Å²) in [5.41, 5.74) is -1.21. The summed E-state index contributed by atoms with van der Waals surface area (Å²) in [6.45, 7) is -1.43. The third kappa shape index (κ3) is 2.71. The van der Waals surface area contributed by atoms with Gasteiger partial charge in [0.25, 0.3) is 5.56 Å². The van der Waals surface area contributed by atoms with Crippen molar-refractivity contribution in [1.82, 2.24) is 18.7 Å². The van der Waals surface area contributed by atoms with Crippen LogP contribution in [0.2, 0.25) is 0 Å². The second-order valence-corrected chi connectivity index (χ2v) is 5.28. The van der Waals surface area contributed by atoms with Crippen molar-refractivity contribution in [3.8, 4) is 6.07 Å². The van der Waals surface area contributed by atoms with Crippen molar-refractivity contribution >= 4 is 11.0 Å². The van der Waals surface area contributed by atoms with E-state index in [2.05, 4.69) is 4.98 Å². The van der Waals surface area contributed by atoms with Crippen LogP contribution < -0.4 is 11.2 Å². The van der Waals surface area contributed by atoms with Gasteiger partial charge in [-0.15, -0.1) is 0 Å². The molecule has 0 fully saturated rings. The minimum absolute atomic E-state index is 0.131. The van der Waals surface area contributed by atoms with E-state index >= 15 is 0 Å². The fourth-order valence-corrected chi connectivity index (χ4v) is 2.66. The number of imidazole rings is 1. The van der Waals surface area contributed by atoms with Crippen molar-refractivity contribution in [2.75, 3.05) is 0 Å². The summed E-state index contributed by atoms with van der Waals surface area (Å²) in [6, 6.07) is 8.02. The normalized spacial score (nSPS) is 11.2. The molecule has 128 valence electrons. The molecule has 0 spiro atoms. The highest BCUT2D eigenvalue weighted by molar-refractivity contribution is 5.75. The monoisotopic (exact) mass is 345 g/mol. The van der Waals surface area contributed by atoms with Crippen molar-refractivity contribution in [3.63, 3.8) is 0 Å². The van der Waals surface area contributed by atoms with Crippen molar-refractivity contribution in [2.24, 2.45) is 0 Å². The zero-order valence-electron chi connectivity index (χ0n) is 13.2. The van der Waals surface area contributed by atoms with Gasteiger partial charge in [-0.2, -0.15) is 14.0 Å². The number of nitrogens with zero attached hydrogens (tertiary/aromatic N) is 5. The third-order valence-corrected chi connectivity index (χ3v) is 3.86. The topological polar surface area (TPSA) is 85.6 Å². The summed E-state index contributed by atoms with van der Waals surface area (Å²) >= 11 is 0. The second kappa shape index (κ2) is 6.32. The molecule has 3 rings (SSSR count). The van der Waals surface area contributed by atoms with E-state index in [1.54, 1.807) is 31.2 Å². The van der Waals surface area contributed by atoms with Crippen LogP contribution in [0.4, 0.5) is 8.78 Å². The van der Waals surface area contributed by atoms with Gasteiger partial charge in [0.2, 0.25) is 0 Å². The van der Waals surface area contributed by atoms with Gasteiger partial charge in [0.15, 0.2) is 0 Å². The lowest BCUT2D eigenvalue weighted by molar-refractivity contribution is 0.0711. The minimum Gasteiger partial charge on any atom is -0.299 e. The van der Waals surface area contributed by atoms with Crippen LogP contribution in [-0.2, 0) is 13.1 Å². The van der Waals surface area contributed by atoms with Crippen molar-refractivity contribution in [2.45, 2.75) is 26.6 Å². The number of aryl methyl sites for hydroxylation is 1. The van der Waals surface area contributed by atoms with E-state index < -0.39 is 24.3 Å². The average Bonchev–Trinajstić information content (AvgIpc) is 2.97. The highest BCUT2D eigenvalue weighted by Gasteiger charge is 2.20. The van der Waals surface area contributed by atoms with Crippen molar-refractivity contribution in [1.29, 1.82) is 5.26 Å². The van der Waals surface area contributed by atoms with Crippen LogP contribution >= 0.6 is 0 Å². The van der Waals surface area contributed by atoms with E-state index in [9.17, 15) is 18.4 Å². The first kappa shape index (κ1) is 16.6. The quantitative estimate of drug-likeness (QED) is 0.720. The van der Waals surface area contributed by atoms with Gasteiger partial charge in [-0.1, -0.05) is 12.1 Å². The molecule has 7 nitrogen and oxygen atoms in total. The summed E-state index contributed by atoms with van der Waals surface area (Å²) in [7, 11) is 0. The lowest BCUT2D eigenvalue weighted by Crippen LogP contribution is -2.41. The van der Waals surface area contributed by atoms with Gasteiger partial charge in [0.05, 0.1) is 17.6 Å². The molecule has 3 aromatic rings. The number of halogens is 2. The van der Waals surface area contributed by atoms with Gasteiger partial charge >= 0.3 is 12.2 Å². The Bertz CT molecular complexity index is 1100. The van der Waals surface area contributed by atoms with Crippen LogP contribution in [0.25, 0.3) is 11.0 Å². The summed E-state index contributed by atoms with van der Waals surface area (Å²) in [6.07, 6.45) is 1.16. The van der Waals surface area contributed by atoms with E-state index in [0.29, 0.717) is 10.1 Å². The molecule has 0 radical (unpaired) electrons. The molecule has 0 aliphatic rings. The van der Waals surface area contributed by atoms with E-state index in [1.165, 1.54) is 10.6 Å². The molecule has 9 heteroatoms. The molecule has 0 atom stereocenters. The number of alkyl halides is 2. The molecule has 0 saturated heterocycles. The molecule has 25 heavy (non-hydrogen) atoms.